The van der Waals surface area contributed by atoms with Crippen LogP contribution >= 0.6 is 0 Å². The van der Waals surface area contributed by atoms with Gasteiger partial charge in [0.15, 0.2) is 5.65 Å². The highest BCUT2D eigenvalue weighted by atomic mass is 19.1. The molecule has 3 rings (SSSR count). The predicted octanol–water partition coefficient (Wildman–Crippen LogP) is 2.79. The average molecular weight is 256 g/mol. The maximum Gasteiger partial charge on any atom is 0.243 e. The first-order valence-electron chi connectivity index (χ1n) is 6.04. The third-order valence-electron chi connectivity index (χ3n) is 2.94. The number of rotatable bonds is 3. The van der Waals surface area contributed by atoms with Crippen molar-refractivity contribution in [3.05, 3.63) is 59.5 Å². The zero-order chi connectivity index (χ0) is 13.2. The van der Waals surface area contributed by atoms with Gasteiger partial charge in [0.2, 0.25) is 5.95 Å². The van der Waals surface area contributed by atoms with Crippen LogP contribution in [-0.4, -0.2) is 14.6 Å². The number of hydrogen-bond acceptors (Lipinski definition) is 3. The molecule has 3 aromatic rings. The Balaban J connectivity index is 1.83. The van der Waals surface area contributed by atoms with Crippen LogP contribution < -0.4 is 5.32 Å². The van der Waals surface area contributed by atoms with Crippen LogP contribution in [0.1, 0.15) is 11.3 Å². The Morgan fingerprint density at radius 3 is 2.79 bits per heavy atom. The number of nitrogens with one attached hydrogen (secondary N) is 1. The number of aromatic nitrogens is 3. The van der Waals surface area contributed by atoms with Crippen molar-refractivity contribution in [3.63, 3.8) is 0 Å². The normalized spacial score (nSPS) is 10.8. The Kier molecular flexibility index (Phi) is 2.87. The molecule has 0 aliphatic carbocycles. The van der Waals surface area contributed by atoms with Gasteiger partial charge in [-0.15, -0.1) is 5.10 Å². The summed E-state index contributed by atoms with van der Waals surface area (Å²) < 4.78 is 15.2. The van der Waals surface area contributed by atoms with E-state index in [4.69, 9.17) is 0 Å². The molecule has 5 heteroatoms. The van der Waals surface area contributed by atoms with Crippen LogP contribution in [0.3, 0.4) is 0 Å². The number of anilines is 1. The number of fused-ring (bicyclic) bond motifs is 1. The van der Waals surface area contributed by atoms with Crippen molar-refractivity contribution >= 4 is 11.6 Å². The van der Waals surface area contributed by atoms with Crippen molar-refractivity contribution in [1.82, 2.24) is 14.6 Å². The highest BCUT2D eigenvalue weighted by Gasteiger charge is 2.05. The molecule has 0 aliphatic rings. The van der Waals surface area contributed by atoms with Crippen LogP contribution in [0, 0.1) is 12.7 Å². The summed E-state index contributed by atoms with van der Waals surface area (Å²) in [4.78, 5) is 4.34. The second kappa shape index (κ2) is 4.68. The van der Waals surface area contributed by atoms with Gasteiger partial charge in [-0.2, -0.15) is 4.98 Å². The Hall–Kier alpha value is -2.43. The van der Waals surface area contributed by atoms with Gasteiger partial charge in [-0.3, -0.25) is 0 Å². The van der Waals surface area contributed by atoms with Gasteiger partial charge < -0.3 is 5.32 Å². The molecule has 2 heterocycles. The van der Waals surface area contributed by atoms with Crippen molar-refractivity contribution in [2.75, 3.05) is 5.32 Å². The largest absolute Gasteiger partial charge is 0.349 e. The second-order valence-corrected chi connectivity index (χ2v) is 4.32. The SMILES string of the molecule is Cc1cccc2nc(NCc3ccccc3F)nn12. The molecule has 19 heavy (non-hydrogen) atoms. The van der Waals surface area contributed by atoms with Crippen LogP contribution in [0.4, 0.5) is 10.3 Å². The first kappa shape index (κ1) is 11.6. The molecule has 0 saturated carbocycles. The Bertz CT molecular complexity index is 720. The van der Waals surface area contributed by atoms with Gasteiger partial charge in [-0.05, 0) is 25.1 Å². The molecule has 2 aromatic heterocycles. The van der Waals surface area contributed by atoms with Crippen molar-refractivity contribution in [3.8, 4) is 0 Å². The number of pyridine rings is 1. The molecule has 96 valence electrons. The second-order valence-electron chi connectivity index (χ2n) is 4.32. The van der Waals surface area contributed by atoms with E-state index < -0.39 is 0 Å². The fourth-order valence-electron chi connectivity index (χ4n) is 1.93. The summed E-state index contributed by atoms with van der Waals surface area (Å²) in [5, 5.41) is 7.36. The smallest absolute Gasteiger partial charge is 0.243 e. The molecule has 0 saturated heterocycles. The standard InChI is InChI=1S/C14H13FN4/c1-10-5-4-8-13-17-14(18-19(10)13)16-9-11-6-2-3-7-12(11)15/h2-8H,9H2,1H3,(H,16,18). The maximum atomic E-state index is 13.5. The fraction of sp³-hybridized carbons (Fsp3) is 0.143. The molecule has 0 amide bonds. The molecular formula is C14H13FN4. The molecular weight excluding hydrogens is 243 g/mol. The van der Waals surface area contributed by atoms with Crippen molar-refractivity contribution in [2.24, 2.45) is 0 Å². The van der Waals surface area contributed by atoms with E-state index in [2.05, 4.69) is 15.4 Å². The first-order valence-corrected chi connectivity index (χ1v) is 6.04. The number of nitrogens with zero attached hydrogens (tertiary/aromatic N) is 3. The van der Waals surface area contributed by atoms with Gasteiger partial charge in [-0.1, -0.05) is 24.3 Å². The van der Waals surface area contributed by atoms with Crippen LogP contribution in [0.15, 0.2) is 42.5 Å². The quantitative estimate of drug-likeness (QED) is 0.783. The molecule has 0 spiro atoms. The van der Waals surface area contributed by atoms with Crippen molar-refractivity contribution in [1.29, 1.82) is 0 Å². The van der Waals surface area contributed by atoms with E-state index in [0.29, 0.717) is 18.1 Å². The molecule has 1 N–H and O–H groups in total. The van der Waals surface area contributed by atoms with Crippen molar-refractivity contribution < 1.29 is 4.39 Å². The third kappa shape index (κ3) is 2.27. The molecule has 0 radical (unpaired) electrons. The van der Waals surface area contributed by atoms with Gasteiger partial charge in [0.25, 0.3) is 0 Å². The Labute approximate surface area is 109 Å². The summed E-state index contributed by atoms with van der Waals surface area (Å²) in [6.45, 7) is 2.32. The summed E-state index contributed by atoms with van der Waals surface area (Å²) in [7, 11) is 0. The maximum absolute atomic E-state index is 13.5. The zero-order valence-corrected chi connectivity index (χ0v) is 10.5. The van der Waals surface area contributed by atoms with E-state index in [-0.39, 0.29) is 5.82 Å². The van der Waals surface area contributed by atoms with E-state index >= 15 is 0 Å². The van der Waals surface area contributed by atoms with Crippen LogP contribution in [0.2, 0.25) is 0 Å². The molecule has 0 aliphatic heterocycles. The minimum Gasteiger partial charge on any atom is -0.349 e. The minimum absolute atomic E-state index is 0.227. The lowest BCUT2D eigenvalue weighted by molar-refractivity contribution is 0.612. The van der Waals surface area contributed by atoms with E-state index in [9.17, 15) is 4.39 Å². The number of hydrogen-bond donors (Lipinski definition) is 1. The van der Waals surface area contributed by atoms with Gasteiger partial charge >= 0.3 is 0 Å². The molecule has 0 fully saturated rings. The molecule has 4 nitrogen and oxygen atoms in total. The van der Waals surface area contributed by atoms with Crippen molar-refractivity contribution in [2.45, 2.75) is 13.5 Å². The highest BCUT2D eigenvalue weighted by Crippen LogP contribution is 2.11. The Morgan fingerprint density at radius 1 is 1.16 bits per heavy atom. The number of aryl methyl sites for hydroxylation is 1. The topological polar surface area (TPSA) is 42.2 Å². The van der Waals surface area contributed by atoms with Gasteiger partial charge in [-0.25, -0.2) is 8.91 Å². The van der Waals surface area contributed by atoms with E-state index in [1.54, 1.807) is 22.7 Å². The summed E-state index contributed by atoms with van der Waals surface area (Å²) in [5.74, 6) is 0.271. The predicted molar refractivity (Wildman–Crippen MR) is 71.5 cm³/mol. The summed E-state index contributed by atoms with van der Waals surface area (Å²) >= 11 is 0. The summed E-state index contributed by atoms with van der Waals surface area (Å²) in [6, 6.07) is 12.4. The van der Waals surface area contributed by atoms with E-state index in [1.165, 1.54) is 6.07 Å². The fourth-order valence-corrected chi connectivity index (χ4v) is 1.93. The molecule has 0 atom stereocenters. The first-order chi connectivity index (χ1) is 9.24. The van der Waals surface area contributed by atoms with E-state index in [0.717, 1.165) is 11.3 Å². The van der Waals surface area contributed by atoms with Gasteiger partial charge in [0.05, 0.1) is 0 Å². The minimum atomic E-state index is -0.227. The van der Waals surface area contributed by atoms with Gasteiger partial charge in [0, 0.05) is 17.8 Å². The lowest BCUT2D eigenvalue weighted by Crippen LogP contribution is -2.03. The molecule has 0 unspecified atom stereocenters. The lowest BCUT2D eigenvalue weighted by Gasteiger charge is -2.02. The molecule has 0 bridgehead atoms. The summed E-state index contributed by atoms with van der Waals surface area (Å²) in [5.41, 5.74) is 2.37. The average Bonchev–Trinajstić information content (AvgIpc) is 2.82. The van der Waals surface area contributed by atoms with Gasteiger partial charge in [0.1, 0.15) is 5.82 Å². The molecule has 1 aromatic carbocycles. The van der Waals surface area contributed by atoms with Crippen LogP contribution in [0.25, 0.3) is 5.65 Å². The number of halogens is 1. The lowest BCUT2D eigenvalue weighted by atomic mass is 10.2. The monoisotopic (exact) mass is 256 g/mol. The van der Waals surface area contributed by atoms with E-state index in [1.807, 2.05) is 25.1 Å². The van der Waals surface area contributed by atoms with Crippen LogP contribution in [-0.2, 0) is 6.54 Å². The summed E-state index contributed by atoms with van der Waals surface area (Å²) in [6.07, 6.45) is 0. The highest BCUT2D eigenvalue weighted by molar-refractivity contribution is 5.44. The zero-order valence-electron chi connectivity index (χ0n) is 10.5. The third-order valence-corrected chi connectivity index (χ3v) is 2.94. The number of benzene rings is 1. The Morgan fingerprint density at radius 2 is 2.00 bits per heavy atom. The van der Waals surface area contributed by atoms with Crippen LogP contribution in [0.5, 0.6) is 0 Å².